The molecule has 1 nitrogen and oxygen atoms in total. The van der Waals surface area contributed by atoms with E-state index in [1.165, 1.54) is 6.07 Å². The third-order valence-electron chi connectivity index (χ3n) is 1.64. The van der Waals surface area contributed by atoms with Crippen molar-refractivity contribution in [2.45, 2.75) is 12.1 Å². The summed E-state index contributed by atoms with van der Waals surface area (Å²) in [5.41, 5.74) is 0.0443. The minimum Gasteiger partial charge on any atom is -0.232 e. The van der Waals surface area contributed by atoms with E-state index < -0.39 is 17.2 Å². The summed E-state index contributed by atoms with van der Waals surface area (Å²) in [5.74, 6) is -0.791. The zero-order chi connectivity index (χ0) is 12.3. The molecule has 0 amide bonds. The van der Waals surface area contributed by atoms with Crippen LogP contribution in [-0.4, -0.2) is 11.3 Å². The van der Waals surface area contributed by atoms with E-state index in [2.05, 4.69) is 4.99 Å². The first-order valence-corrected chi connectivity index (χ1v) is 4.91. The molecule has 0 radical (unpaired) electrons. The predicted molar refractivity (Wildman–Crippen MR) is 55.0 cm³/mol. The maximum atomic E-state index is 12.8. The summed E-state index contributed by atoms with van der Waals surface area (Å²) in [6, 6.07) is 3.17. The molecular formula is C9H5Cl2F4N. The quantitative estimate of drug-likeness (QED) is 0.430. The normalized spacial score (nSPS) is 13.0. The zero-order valence-electron chi connectivity index (χ0n) is 7.65. The molecule has 0 aliphatic heterocycles. The van der Waals surface area contributed by atoms with E-state index in [9.17, 15) is 17.6 Å². The maximum Gasteiger partial charge on any atom is 0.444 e. The van der Waals surface area contributed by atoms with E-state index in [0.717, 1.165) is 12.1 Å². The Morgan fingerprint density at radius 1 is 1.31 bits per heavy atom. The summed E-state index contributed by atoms with van der Waals surface area (Å²) in [7, 11) is 0. The van der Waals surface area contributed by atoms with Gasteiger partial charge in [0, 0.05) is 5.88 Å². The molecule has 1 rings (SSSR count). The Balaban J connectivity index is 3.18. The van der Waals surface area contributed by atoms with Crippen molar-refractivity contribution in [3.05, 3.63) is 29.6 Å². The number of hydrogen-bond acceptors (Lipinski definition) is 1. The SMILES string of the molecule is Fc1ccc(CCl)c(N=C(Cl)C(F)(F)F)c1. The molecule has 0 aliphatic carbocycles. The molecule has 0 atom stereocenters. The summed E-state index contributed by atoms with van der Waals surface area (Å²) in [4.78, 5) is 3.09. The molecular weight excluding hydrogens is 269 g/mol. The van der Waals surface area contributed by atoms with Crippen LogP contribution in [0.25, 0.3) is 0 Å². The van der Waals surface area contributed by atoms with Crippen LogP contribution in [0.3, 0.4) is 0 Å². The molecule has 0 unspecified atom stereocenters. The lowest BCUT2D eigenvalue weighted by Gasteiger charge is -2.05. The maximum absolute atomic E-state index is 12.8. The van der Waals surface area contributed by atoms with Gasteiger partial charge in [0.2, 0.25) is 5.17 Å². The van der Waals surface area contributed by atoms with Gasteiger partial charge in [0.15, 0.2) is 0 Å². The molecule has 7 heteroatoms. The first kappa shape index (κ1) is 13.3. The van der Waals surface area contributed by atoms with Gasteiger partial charge in [0.25, 0.3) is 0 Å². The molecule has 0 saturated carbocycles. The average Bonchev–Trinajstić information content (AvgIpc) is 2.16. The Hall–Kier alpha value is -0.810. The van der Waals surface area contributed by atoms with E-state index >= 15 is 0 Å². The second-order valence-corrected chi connectivity index (χ2v) is 3.43. The molecule has 0 N–H and O–H groups in total. The average molecular weight is 274 g/mol. The Bertz CT molecular complexity index is 414. The fraction of sp³-hybridized carbons (Fsp3) is 0.222. The van der Waals surface area contributed by atoms with Gasteiger partial charge in [0.1, 0.15) is 5.82 Å². The van der Waals surface area contributed by atoms with Gasteiger partial charge in [0.05, 0.1) is 5.69 Å². The van der Waals surface area contributed by atoms with Crippen LogP contribution >= 0.6 is 23.2 Å². The summed E-state index contributed by atoms with van der Waals surface area (Å²) in [5, 5.41) is -1.57. The Labute approximate surface area is 98.7 Å². The number of nitrogens with zero attached hydrogens (tertiary/aromatic N) is 1. The van der Waals surface area contributed by atoms with Crippen molar-refractivity contribution in [3.8, 4) is 0 Å². The van der Waals surface area contributed by atoms with Crippen molar-refractivity contribution in [1.82, 2.24) is 0 Å². The molecule has 0 saturated heterocycles. The number of hydrogen-bond donors (Lipinski definition) is 0. The Morgan fingerprint density at radius 3 is 2.44 bits per heavy atom. The van der Waals surface area contributed by atoms with Gasteiger partial charge >= 0.3 is 6.18 Å². The molecule has 1 aromatic carbocycles. The van der Waals surface area contributed by atoms with E-state index in [-0.39, 0.29) is 17.1 Å². The lowest BCUT2D eigenvalue weighted by atomic mass is 10.2. The van der Waals surface area contributed by atoms with Crippen LogP contribution in [0, 0.1) is 5.82 Å². The fourth-order valence-corrected chi connectivity index (χ4v) is 1.24. The second-order valence-electron chi connectivity index (χ2n) is 2.81. The highest BCUT2D eigenvalue weighted by molar-refractivity contribution is 6.67. The monoisotopic (exact) mass is 273 g/mol. The molecule has 0 spiro atoms. The first-order valence-electron chi connectivity index (χ1n) is 4.00. The van der Waals surface area contributed by atoms with Crippen LogP contribution in [0.5, 0.6) is 0 Å². The largest absolute Gasteiger partial charge is 0.444 e. The smallest absolute Gasteiger partial charge is 0.232 e. The zero-order valence-corrected chi connectivity index (χ0v) is 9.17. The molecule has 0 heterocycles. The predicted octanol–water partition coefficient (Wildman–Crippen LogP) is 4.40. The van der Waals surface area contributed by atoms with Crippen molar-refractivity contribution in [1.29, 1.82) is 0 Å². The van der Waals surface area contributed by atoms with Gasteiger partial charge in [-0.2, -0.15) is 13.2 Å². The molecule has 88 valence electrons. The third-order valence-corrected chi connectivity index (χ3v) is 2.23. The van der Waals surface area contributed by atoms with Crippen LogP contribution in [0.2, 0.25) is 0 Å². The van der Waals surface area contributed by atoms with Gasteiger partial charge < -0.3 is 0 Å². The van der Waals surface area contributed by atoms with Crippen LogP contribution in [0.15, 0.2) is 23.2 Å². The Kier molecular flexibility index (Phi) is 4.15. The highest BCUT2D eigenvalue weighted by Crippen LogP contribution is 2.27. The standard InChI is InChI=1S/C9H5Cl2F4N/c10-4-5-1-2-6(12)3-7(5)16-8(11)9(13,14)15/h1-3H,4H2. The first-order chi connectivity index (χ1) is 7.34. The van der Waals surface area contributed by atoms with Crippen molar-refractivity contribution in [3.63, 3.8) is 0 Å². The minimum atomic E-state index is -4.75. The second kappa shape index (κ2) is 5.01. The lowest BCUT2D eigenvalue weighted by molar-refractivity contribution is -0.0558. The highest BCUT2D eigenvalue weighted by Gasteiger charge is 2.34. The Morgan fingerprint density at radius 2 is 1.94 bits per heavy atom. The van der Waals surface area contributed by atoms with Gasteiger partial charge in [-0.15, -0.1) is 11.6 Å². The number of alkyl halides is 4. The van der Waals surface area contributed by atoms with Gasteiger partial charge in [-0.05, 0) is 17.7 Å². The minimum absolute atomic E-state index is 0.0822. The van der Waals surface area contributed by atoms with Crippen molar-refractivity contribution < 1.29 is 17.6 Å². The molecule has 16 heavy (non-hydrogen) atoms. The van der Waals surface area contributed by atoms with Crippen LogP contribution in [0.1, 0.15) is 5.56 Å². The van der Waals surface area contributed by atoms with Crippen LogP contribution < -0.4 is 0 Å². The van der Waals surface area contributed by atoms with E-state index in [4.69, 9.17) is 23.2 Å². The summed E-state index contributed by atoms with van der Waals surface area (Å²) >= 11 is 10.4. The van der Waals surface area contributed by atoms with E-state index in [1.54, 1.807) is 0 Å². The molecule has 0 aromatic heterocycles. The van der Waals surface area contributed by atoms with Crippen molar-refractivity contribution in [2.24, 2.45) is 4.99 Å². The van der Waals surface area contributed by atoms with Gasteiger partial charge in [-0.1, -0.05) is 17.7 Å². The van der Waals surface area contributed by atoms with E-state index in [0.29, 0.717) is 0 Å². The van der Waals surface area contributed by atoms with Crippen LogP contribution in [-0.2, 0) is 5.88 Å². The van der Waals surface area contributed by atoms with Crippen molar-refractivity contribution >= 4 is 34.1 Å². The van der Waals surface area contributed by atoms with Gasteiger partial charge in [-0.3, -0.25) is 0 Å². The van der Waals surface area contributed by atoms with Gasteiger partial charge in [-0.25, -0.2) is 9.38 Å². The topological polar surface area (TPSA) is 12.4 Å². The lowest BCUT2D eigenvalue weighted by Crippen LogP contribution is -2.16. The van der Waals surface area contributed by atoms with Crippen LogP contribution in [0.4, 0.5) is 23.2 Å². The molecule has 1 aromatic rings. The number of rotatable bonds is 2. The van der Waals surface area contributed by atoms with E-state index in [1.807, 2.05) is 0 Å². The van der Waals surface area contributed by atoms with Crippen molar-refractivity contribution in [2.75, 3.05) is 0 Å². The summed E-state index contributed by atoms with van der Waals surface area (Å²) in [6.45, 7) is 0. The molecule has 0 aliphatic rings. The number of halogens is 6. The number of benzene rings is 1. The molecule has 0 fully saturated rings. The summed E-state index contributed by atoms with van der Waals surface area (Å²) < 4.78 is 49.0. The highest BCUT2D eigenvalue weighted by atomic mass is 35.5. The third kappa shape index (κ3) is 3.35. The fourth-order valence-electron chi connectivity index (χ4n) is 0.923. The molecule has 0 bridgehead atoms. The number of aliphatic imine (C=N–C) groups is 1. The summed E-state index contributed by atoms with van der Waals surface area (Å²) in [6.07, 6.45) is -4.75.